The van der Waals surface area contributed by atoms with Crippen LogP contribution < -0.4 is 10.0 Å². The minimum Gasteiger partial charge on any atom is -0.322 e. The van der Waals surface area contributed by atoms with Crippen LogP contribution in [0.4, 0.5) is 5.69 Å². The molecule has 2 aromatic carbocycles. The van der Waals surface area contributed by atoms with Gasteiger partial charge in [-0.05, 0) is 36.2 Å². The molecule has 116 valence electrons. The van der Waals surface area contributed by atoms with E-state index in [4.69, 9.17) is 0 Å². The Hall–Kier alpha value is -2.18. The van der Waals surface area contributed by atoms with Crippen molar-refractivity contribution < 1.29 is 13.2 Å². The highest BCUT2D eigenvalue weighted by Crippen LogP contribution is 2.15. The molecule has 0 aliphatic heterocycles. The molecule has 0 heterocycles. The highest BCUT2D eigenvalue weighted by molar-refractivity contribution is 7.88. The molecule has 0 saturated carbocycles. The average Bonchev–Trinajstić information content (AvgIpc) is 2.47. The summed E-state index contributed by atoms with van der Waals surface area (Å²) in [7, 11) is -3.22. The Kier molecular flexibility index (Phi) is 4.95. The Morgan fingerprint density at radius 3 is 2.27 bits per heavy atom. The molecule has 0 saturated heterocycles. The Morgan fingerprint density at radius 1 is 1.05 bits per heavy atom. The second-order valence-electron chi connectivity index (χ2n) is 5.06. The molecule has 2 rings (SSSR count). The summed E-state index contributed by atoms with van der Waals surface area (Å²) in [6.07, 6.45) is 1.11. The summed E-state index contributed by atoms with van der Waals surface area (Å²) >= 11 is 0. The van der Waals surface area contributed by atoms with Gasteiger partial charge in [0.1, 0.15) is 0 Å². The van der Waals surface area contributed by atoms with Gasteiger partial charge in [0.15, 0.2) is 0 Å². The van der Waals surface area contributed by atoms with Crippen LogP contribution >= 0.6 is 0 Å². The number of amides is 1. The first-order valence-electron chi connectivity index (χ1n) is 6.76. The Morgan fingerprint density at radius 2 is 1.68 bits per heavy atom. The predicted molar refractivity (Wildman–Crippen MR) is 87.3 cm³/mol. The van der Waals surface area contributed by atoms with Crippen molar-refractivity contribution in [1.29, 1.82) is 0 Å². The standard InChI is InChI=1S/C16H18N2O3S/c1-12-5-3-4-6-15(12)18-16(19)14-9-7-13(8-10-14)11-17-22(2,20)21/h3-10,17H,11H2,1-2H3,(H,18,19). The van der Waals surface area contributed by atoms with Gasteiger partial charge in [-0.15, -0.1) is 0 Å². The molecule has 0 atom stereocenters. The van der Waals surface area contributed by atoms with Crippen molar-refractivity contribution in [3.63, 3.8) is 0 Å². The normalized spacial score (nSPS) is 11.2. The van der Waals surface area contributed by atoms with E-state index in [2.05, 4.69) is 10.0 Å². The Balaban J connectivity index is 2.04. The van der Waals surface area contributed by atoms with Crippen molar-refractivity contribution in [2.75, 3.05) is 11.6 Å². The lowest BCUT2D eigenvalue weighted by Crippen LogP contribution is -2.21. The van der Waals surface area contributed by atoms with E-state index in [1.165, 1.54) is 0 Å². The van der Waals surface area contributed by atoms with Crippen molar-refractivity contribution in [1.82, 2.24) is 4.72 Å². The van der Waals surface area contributed by atoms with Crippen molar-refractivity contribution in [3.8, 4) is 0 Å². The molecule has 0 bridgehead atoms. The number of carbonyl (C=O) groups is 1. The van der Waals surface area contributed by atoms with Gasteiger partial charge in [-0.3, -0.25) is 4.79 Å². The van der Waals surface area contributed by atoms with Crippen LogP contribution in [0.1, 0.15) is 21.5 Å². The average molecular weight is 318 g/mol. The van der Waals surface area contributed by atoms with Crippen LogP contribution in [0.25, 0.3) is 0 Å². The van der Waals surface area contributed by atoms with E-state index in [0.29, 0.717) is 5.56 Å². The topological polar surface area (TPSA) is 75.3 Å². The second-order valence-corrected chi connectivity index (χ2v) is 6.89. The number of anilines is 1. The maximum absolute atomic E-state index is 12.2. The Labute approximate surface area is 130 Å². The molecule has 0 aromatic heterocycles. The number of benzene rings is 2. The third kappa shape index (κ3) is 4.68. The van der Waals surface area contributed by atoms with Gasteiger partial charge in [-0.1, -0.05) is 30.3 Å². The van der Waals surface area contributed by atoms with E-state index in [0.717, 1.165) is 23.1 Å². The third-order valence-electron chi connectivity index (χ3n) is 3.15. The van der Waals surface area contributed by atoms with Gasteiger partial charge >= 0.3 is 0 Å². The van der Waals surface area contributed by atoms with Gasteiger partial charge in [0, 0.05) is 17.8 Å². The second kappa shape index (κ2) is 6.72. The fourth-order valence-corrected chi connectivity index (χ4v) is 2.32. The van der Waals surface area contributed by atoms with E-state index in [-0.39, 0.29) is 12.5 Å². The number of para-hydroxylation sites is 1. The maximum Gasteiger partial charge on any atom is 0.255 e. The molecule has 6 heteroatoms. The van der Waals surface area contributed by atoms with Gasteiger partial charge in [0.25, 0.3) is 5.91 Å². The summed E-state index contributed by atoms with van der Waals surface area (Å²) in [5, 5.41) is 2.85. The van der Waals surface area contributed by atoms with Crippen molar-refractivity contribution >= 4 is 21.6 Å². The zero-order chi connectivity index (χ0) is 16.2. The number of nitrogens with one attached hydrogen (secondary N) is 2. The highest BCUT2D eigenvalue weighted by Gasteiger charge is 2.08. The van der Waals surface area contributed by atoms with E-state index in [9.17, 15) is 13.2 Å². The Bertz CT molecular complexity index is 768. The van der Waals surface area contributed by atoms with E-state index in [1.807, 2.05) is 31.2 Å². The number of sulfonamides is 1. The minimum atomic E-state index is -3.22. The van der Waals surface area contributed by atoms with Crippen LogP contribution in [0.15, 0.2) is 48.5 Å². The number of aryl methyl sites for hydroxylation is 1. The first kappa shape index (κ1) is 16.2. The molecule has 0 unspecified atom stereocenters. The van der Waals surface area contributed by atoms with Crippen LogP contribution in [0.5, 0.6) is 0 Å². The zero-order valence-electron chi connectivity index (χ0n) is 12.5. The van der Waals surface area contributed by atoms with Crippen LogP contribution in [-0.4, -0.2) is 20.6 Å². The summed E-state index contributed by atoms with van der Waals surface area (Å²) in [6.45, 7) is 2.13. The van der Waals surface area contributed by atoms with E-state index in [1.54, 1.807) is 24.3 Å². The van der Waals surface area contributed by atoms with Gasteiger partial charge in [0.05, 0.1) is 6.26 Å². The van der Waals surface area contributed by atoms with Crippen LogP contribution in [0.2, 0.25) is 0 Å². The molecule has 2 N–H and O–H groups in total. The number of hydrogen-bond acceptors (Lipinski definition) is 3. The maximum atomic E-state index is 12.2. The molecule has 0 fully saturated rings. The molecule has 2 aromatic rings. The molecular formula is C16H18N2O3S. The van der Waals surface area contributed by atoms with Crippen molar-refractivity contribution in [2.24, 2.45) is 0 Å². The van der Waals surface area contributed by atoms with Crippen molar-refractivity contribution in [2.45, 2.75) is 13.5 Å². The van der Waals surface area contributed by atoms with Gasteiger partial charge < -0.3 is 5.32 Å². The highest BCUT2D eigenvalue weighted by atomic mass is 32.2. The number of rotatable bonds is 5. The third-order valence-corrected chi connectivity index (χ3v) is 3.82. The first-order chi connectivity index (χ1) is 10.3. The lowest BCUT2D eigenvalue weighted by atomic mass is 10.1. The van der Waals surface area contributed by atoms with Gasteiger partial charge in [0.2, 0.25) is 10.0 Å². The smallest absolute Gasteiger partial charge is 0.255 e. The van der Waals surface area contributed by atoms with Gasteiger partial charge in [-0.2, -0.15) is 0 Å². The quantitative estimate of drug-likeness (QED) is 0.888. The molecular weight excluding hydrogens is 300 g/mol. The van der Waals surface area contributed by atoms with E-state index >= 15 is 0 Å². The summed E-state index contributed by atoms with van der Waals surface area (Å²) < 4.78 is 24.5. The largest absolute Gasteiger partial charge is 0.322 e. The fraction of sp³-hybridized carbons (Fsp3) is 0.188. The van der Waals surface area contributed by atoms with Crippen LogP contribution in [0.3, 0.4) is 0 Å². The fourth-order valence-electron chi connectivity index (χ4n) is 1.90. The van der Waals surface area contributed by atoms with E-state index < -0.39 is 10.0 Å². The monoisotopic (exact) mass is 318 g/mol. The number of hydrogen-bond donors (Lipinski definition) is 2. The summed E-state index contributed by atoms with van der Waals surface area (Å²) in [5.74, 6) is -0.197. The SMILES string of the molecule is Cc1ccccc1NC(=O)c1ccc(CNS(C)(=O)=O)cc1. The summed E-state index contributed by atoms with van der Waals surface area (Å²) in [6, 6.07) is 14.3. The summed E-state index contributed by atoms with van der Waals surface area (Å²) in [5.41, 5.74) is 3.07. The predicted octanol–water partition coefficient (Wildman–Crippen LogP) is 2.30. The lowest BCUT2D eigenvalue weighted by Gasteiger charge is -2.09. The number of carbonyl (C=O) groups excluding carboxylic acids is 1. The lowest BCUT2D eigenvalue weighted by molar-refractivity contribution is 0.102. The van der Waals surface area contributed by atoms with Crippen LogP contribution in [0, 0.1) is 6.92 Å². The molecule has 0 aliphatic carbocycles. The van der Waals surface area contributed by atoms with Gasteiger partial charge in [-0.25, -0.2) is 13.1 Å². The van der Waals surface area contributed by atoms with Crippen molar-refractivity contribution in [3.05, 3.63) is 65.2 Å². The zero-order valence-corrected chi connectivity index (χ0v) is 13.3. The molecule has 0 radical (unpaired) electrons. The molecule has 22 heavy (non-hydrogen) atoms. The molecule has 0 spiro atoms. The molecule has 0 aliphatic rings. The molecule has 5 nitrogen and oxygen atoms in total. The molecule has 1 amide bonds. The first-order valence-corrected chi connectivity index (χ1v) is 8.65. The van der Waals surface area contributed by atoms with Crippen LogP contribution in [-0.2, 0) is 16.6 Å². The minimum absolute atomic E-state index is 0.197. The summed E-state index contributed by atoms with van der Waals surface area (Å²) in [4.78, 5) is 12.2.